The Labute approximate surface area is 153 Å². The van der Waals surface area contributed by atoms with Crippen molar-refractivity contribution in [3.8, 4) is 0 Å². The van der Waals surface area contributed by atoms with Gasteiger partial charge in [0.1, 0.15) is 6.54 Å². The fourth-order valence-electron chi connectivity index (χ4n) is 2.64. The van der Waals surface area contributed by atoms with Crippen LogP contribution in [-0.2, 0) is 17.9 Å². The monoisotopic (exact) mass is 424 g/mol. The van der Waals surface area contributed by atoms with E-state index in [1.165, 1.54) is 18.2 Å². The molecule has 0 spiro atoms. The van der Waals surface area contributed by atoms with E-state index in [1.54, 1.807) is 6.07 Å². The Morgan fingerprint density at radius 3 is 2.42 bits per heavy atom. The standard InChI is InChI=1S/C17H11BrF2N2O4/c18-10-2-4-14-11(6-10)16(25)22(8-15(23)24)17(26)21(14)7-9-1-3-12(19)13(20)5-9/h1-6H,7-8H2,(H,23,24). The number of carbonyl (C=O) groups is 1. The number of carboxylic acids is 1. The number of rotatable bonds is 4. The SMILES string of the molecule is O=C(O)Cn1c(=O)c2cc(Br)ccc2n(Cc2ccc(F)c(F)c2)c1=O. The van der Waals surface area contributed by atoms with E-state index in [9.17, 15) is 23.2 Å². The zero-order valence-corrected chi connectivity index (χ0v) is 14.7. The van der Waals surface area contributed by atoms with Gasteiger partial charge in [0.05, 0.1) is 17.4 Å². The maximum Gasteiger partial charge on any atom is 0.332 e. The Balaban J connectivity index is 2.28. The van der Waals surface area contributed by atoms with Gasteiger partial charge in [0.25, 0.3) is 5.56 Å². The molecule has 0 atom stereocenters. The van der Waals surface area contributed by atoms with Crippen LogP contribution in [0.25, 0.3) is 10.9 Å². The quantitative estimate of drug-likeness (QED) is 0.696. The third-order valence-corrected chi connectivity index (χ3v) is 4.30. The molecule has 0 amide bonds. The van der Waals surface area contributed by atoms with Gasteiger partial charge in [-0.2, -0.15) is 0 Å². The molecule has 0 saturated heterocycles. The smallest absolute Gasteiger partial charge is 0.332 e. The van der Waals surface area contributed by atoms with E-state index in [4.69, 9.17) is 5.11 Å². The van der Waals surface area contributed by atoms with Crippen LogP contribution in [0.5, 0.6) is 0 Å². The summed E-state index contributed by atoms with van der Waals surface area (Å²) in [6, 6.07) is 7.79. The van der Waals surface area contributed by atoms with Crippen molar-refractivity contribution < 1.29 is 18.7 Å². The van der Waals surface area contributed by atoms with Gasteiger partial charge in [0, 0.05) is 4.47 Å². The molecule has 2 aromatic carbocycles. The van der Waals surface area contributed by atoms with E-state index in [-0.39, 0.29) is 23.0 Å². The Morgan fingerprint density at radius 1 is 1.04 bits per heavy atom. The Bertz CT molecular complexity index is 1150. The molecule has 6 nitrogen and oxygen atoms in total. The molecular weight excluding hydrogens is 414 g/mol. The number of aliphatic carboxylic acids is 1. The van der Waals surface area contributed by atoms with Crippen LogP contribution < -0.4 is 11.2 Å². The maximum atomic E-state index is 13.5. The van der Waals surface area contributed by atoms with Gasteiger partial charge in [0.15, 0.2) is 11.6 Å². The van der Waals surface area contributed by atoms with E-state index >= 15 is 0 Å². The number of aromatic nitrogens is 2. The molecule has 1 aromatic heterocycles. The minimum atomic E-state index is -1.35. The van der Waals surface area contributed by atoms with Crippen LogP contribution in [0.1, 0.15) is 5.56 Å². The van der Waals surface area contributed by atoms with Crippen molar-refractivity contribution in [3.05, 3.63) is 78.9 Å². The summed E-state index contributed by atoms with van der Waals surface area (Å²) in [6.45, 7) is -0.966. The molecular formula is C17H11BrF2N2O4. The van der Waals surface area contributed by atoms with Crippen LogP contribution in [0.4, 0.5) is 8.78 Å². The largest absolute Gasteiger partial charge is 0.480 e. The molecule has 1 heterocycles. The number of nitrogens with zero attached hydrogens (tertiary/aromatic N) is 2. The fraction of sp³-hybridized carbons (Fsp3) is 0.118. The normalized spacial score (nSPS) is 11.0. The summed E-state index contributed by atoms with van der Waals surface area (Å²) in [5.74, 6) is -3.44. The molecule has 0 aliphatic heterocycles. The van der Waals surface area contributed by atoms with E-state index in [2.05, 4.69) is 15.9 Å². The highest BCUT2D eigenvalue weighted by Crippen LogP contribution is 2.17. The first-order valence-corrected chi connectivity index (χ1v) is 8.16. The second-order valence-electron chi connectivity index (χ2n) is 5.56. The molecule has 0 bridgehead atoms. The topological polar surface area (TPSA) is 81.3 Å². The van der Waals surface area contributed by atoms with Crippen molar-refractivity contribution in [1.82, 2.24) is 9.13 Å². The third-order valence-electron chi connectivity index (χ3n) is 3.80. The van der Waals surface area contributed by atoms with E-state index in [0.29, 0.717) is 9.04 Å². The molecule has 1 N–H and O–H groups in total. The van der Waals surface area contributed by atoms with Crippen molar-refractivity contribution in [2.75, 3.05) is 0 Å². The Hall–Kier alpha value is -2.81. The van der Waals surface area contributed by atoms with Crippen LogP contribution in [0.3, 0.4) is 0 Å². The van der Waals surface area contributed by atoms with Crippen molar-refractivity contribution in [2.24, 2.45) is 0 Å². The summed E-state index contributed by atoms with van der Waals surface area (Å²) in [7, 11) is 0. The van der Waals surface area contributed by atoms with Gasteiger partial charge < -0.3 is 5.11 Å². The second kappa shape index (κ2) is 6.83. The van der Waals surface area contributed by atoms with Gasteiger partial charge >= 0.3 is 11.7 Å². The first-order valence-electron chi connectivity index (χ1n) is 7.36. The molecule has 0 aliphatic carbocycles. The highest BCUT2D eigenvalue weighted by Gasteiger charge is 2.16. The molecule has 3 aromatic rings. The number of halogens is 3. The molecule has 0 aliphatic rings. The lowest BCUT2D eigenvalue weighted by atomic mass is 10.2. The predicted octanol–water partition coefficient (Wildman–Crippen LogP) is 2.34. The summed E-state index contributed by atoms with van der Waals surface area (Å²) in [5.41, 5.74) is -1.04. The summed E-state index contributed by atoms with van der Waals surface area (Å²) in [5, 5.41) is 9.11. The first kappa shape index (κ1) is 18.0. The molecule has 0 fully saturated rings. The summed E-state index contributed by atoms with van der Waals surface area (Å²) in [4.78, 5) is 36.2. The number of fused-ring (bicyclic) bond motifs is 1. The van der Waals surface area contributed by atoms with Gasteiger partial charge in [0.2, 0.25) is 0 Å². The molecule has 134 valence electrons. The van der Waals surface area contributed by atoms with Crippen molar-refractivity contribution in [3.63, 3.8) is 0 Å². The lowest BCUT2D eigenvalue weighted by Gasteiger charge is -2.14. The zero-order chi connectivity index (χ0) is 19.0. The predicted molar refractivity (Wildman–Crippen MR) is 93.3 cm³/mol. The van der Waals surface area contributed by atoms with Gasteiger partial charge in [-0.3, -0.25) is 14.2 Å². The van der Waals surface area contributed by atoms with Crippen LogP contribution in [-0.4, -0.2) is 20.2 Å². The van der Waals surface area contributed by atoms with Crippen molar-refractivity contribution in [2.45, 2.75) is 13.1 Å². The average Bonchev–Trinajstić information content (AvgIpc) is 2.58. The molecule has 9 heteroatoms. The van der Waals surface area contributed by atoms with Gasteiger partial charge in [-0.25, -0.2) is 18.1 Å². The maximum absolute atomic E-state index is 13.5. The van der Waals surface area contributed by atoms with E-state index in [0.717, 1.165) is 16.7 Å². The van der Waals surface area contributed by atoms with E-state index in [1.807, 2.05) is 0 Å². The molecule has 0 saturated carbocycles. The van der Waals surface area contributed by atoms with Crippen molar-refractivity contribution >= 4 is 32.8 Å². The molecule has 0 unspecified atom stereocenters. The minimum absolute atomic E-state index is 0.128. The van der Waals surface area contributed by atoms with Gasteiger partial charge in [-0.05, 0) is 35.9 Å². The highest BCUT2D eigenvalue weighted by molar-refractivity contribution is 9.10. The van der Waals surface area contributed by atoms with Gasteiger partial charge in [-0.15, -0.1) is 0 Å². The minimum Gasteiger partial charge on any atom is -0.480 e. The highest BCUT2D eigenvalue weighted by atomic mass is 79.9. The van der Waals surface area contributed by atoms with E-state index < -0.39 is 35.4 Å². The third kappa shape index (κ3) is 3.30. The summed E-state index contributed by atoms with van der Waals surface area (Å²) in [6.07, 6.45) is 0. The molecule has 3 rings (SSSR count). The number of benzene rings is 2. The Kier molecular flexibility index (Phi) is 4.73. The number of hydrogen-bond acceptors (Lipinski definition) is 3. The summed E-state index contributed by atoms with van der Waals surface area (Å²) < 4.78 is 28.9. The molecule has 26 heavy (non-hydrogen) atoms. The Morgan fingerprint density at radius 2 is 1.77 bits per heavy atom. The first-order chi connectivity index (χ1) is 12.3. The van der Waals surface area contributed by atoms with Crippen LogP contribution in [0, 0.1) is 11.6 Å². The summed E-state index contributed by atoms with van der Waals surface area (Å²) >= 11 is 3.23. The number of carboxylic acid groups (broad SMARTS) is 1. The van der Waals surface area contributed by atoms with Crippen LogP contribution >= 0.6 is 15.9 Å². The lowest BCUT2D eigenvalue weighted by Crippen LogP contribution is -2.41. The van der Waals surface area contributed by atoms with Crippen LogP contribution in [0.2, 0.25) is 0 Å². The van der Waals surface area contributed by atoms with Crippen molar-refractivity contribution in [1.29, 1.82) is 0 Å². The van der Waals surface area contributed by atoms with Gasteiger partial charge in [-0.1, -0.05) is 22.0 Å². The molecule has 0 radical (unpaired) electrons. The average molecular weight is 425 g/mol. The van der Waals surface area contributed by atoms with Crippen LogP contribution in [0.15, 0.2) is 50.5 Å². The zero-order valence-electron chi connectivity index (χ0n) is 13.1. The second-order valence-corrected chi connectivity index (χ2v) is 6.48. The lowest BCUT2D eigenvalue weighted by molar-refractivity contribution is -0.137. The fourth-order valence-corrected chi connectivity index (χ4v) is 3.01. The number of hydrogen-bond donors (Lipinski definition) is 1.